The lowest BCUT2D eigenvalue weighted by molar-refractivity contribution is -0.256. The molecule has 1 aliphatic rings. The van der Waals surface area contributed by atoms with Gasteiger partial charge in [0.05, 0.1) is 6.61 Å². The number of ether oxygens (including phenoxy) is 2. The fourth-order valence-corrected chi connectivity index (χ4v) is 1.69. The lowest BCUT2D eigenvalue weighted by atomic mass is 10.0. The van der Waals surface area contributed by atoms with Gasteiger partial charge in [-0.3, -0.25) is 0 Å². The van der Waals surface area contributed by atoms with Gasteiger partial charge in [-0.2, -0.15) is 0 Å². The SMILES string of the molecule is CCC[C@@]1(OCN=[N+]=[N-])C=C[C@H](O)[C@@H](CO)O1. The maximum absolute atomic E-state index is 9.53. The van der Waals surface area contributed by atoms with E-state index in [-0.39, 0.29) is 13.3 Å². The molecule has 2 N–H and O–H groups in total. The van der Waals surface area contributed by atoms with Crippen molar-refractivity contribution >= 4 is 0 Å². The first-order valence-corrected chi connectivity index (χ1v) is 5.48. The Labute approximate surface area is 99.3 Å². The van der Waals surface area contributed by atoms with Gasteiger partial charge in [0.25, 0.3) is 0 Å². The predicted molar refractivity (Wildman–Crippen MR) is 59.8 cm³/mol. The van der Waals surface area contributed by atoms with Gasteiger partial charge in [0.1, 0.15) is 18.9 Å². The van der Waals surface area contributed by atoms with Crippen molar-refractivity contribution < 1.29 is 19.7 Å². The molecular formula is C10H17N3O4. The average molecular weight is 243 g/mol. The van der Waals surface area contributed by atoms with Crippen LogP contribution in [0.1, 0.15) is 19.8 Å². The first kappa shape index (κ1) is 14.0. The molecule has 0 aromatic heterocycles. The van der Waals surface area contributed by atoms with Crippen molar-refractivity contribution in [2.45, 2.75) is 37.8 Å². The summed E-state index contributed by atoms with van der Waals surface area (Å²) in [6.45, 7) is 1.49. The first-order chi connectivity index (χ1) is 8.17. The van der Waals surface area contributed by atoms with Crippen molar-refractivity contribution in [2.24, 2.45) is 5.11 Å². The first-order valence-electron chi connectivity index (χ1n) is 5.48. The highest BCUT2D eigenvalue weighted by molar-refractivity contribution is 5.06. The van der Waals surface area contributed by atoms with E-state index in [4.69, 9.17) is 20.1 Å². The molecule has 0 aliphatic carbocycles. The van der Waals surface area contributed by atoms with Crippen LogP contribution >= 0.6 is 0 Å². The van der Waals surface area contributed by atoms with Crippen LogP contribution in [0.25, 0.3) is 10.4 Å². The molecule has 0 unspecified atom stereocenters. The summed E-state index contributed by atoms with van der Waals surface area (Å²) >= 11 is 0. The van der Waals surface area contributed by atoms with E-state index in [1.807, 2.05) is 6.92 Å². The van der Waals surface area contributed by atoms with Crippen LogP contribution in [-0.4, -0.2) is 41.5 Å². The van der Waals surface area contributed by atoms with Gasteiger partial charge in [-0.1, -0.05) is 24.5 Å². The van der Waals surface area contributed by atoms with Crippen molar-refractivity contribution in [1.82, 2.24) is 0 Å². The third-order valence-corrected chi connectivity index (χ3v) is 2.49. The van der Waals surface area contributed by atoms with E-state index in [0.29, 0.717) is 6.42 Å². The highest BCUT2D eigenvalue weighted by atomic mass is 16.7. The minimum Gasteiger partial charge on any atom is -0.394 e. The van der Waals surface area contributed by atoms with Crippen molar-refractivity contribution in [1.29, 1.82) is 0 Å². The number of azide groups is 1. The predicted octanol–water partition coefficient (Wildman–Crippen LogP) is 1.08. The summed E-state index contributed by atoms with van der Waals surface area (Å²) in [6, 6.07) is 0. The lowest BCUT2D eigenvalue weighted by Crippen LogP contribution is -2.47. The molecule has 96 valence electrons. The topological polar surface area (TPSA) is 108 Å². The van der Waals surface area contributed by atoms with Crippen LogP contribution in [0, 0.1) is 0 Å². The van der Waals surface area contributed by atoms with E-state index in [1.165, 1.54) is 6.08 Å². The molecule has 0 aromatic carbocycles. The zero-order chi connectivity index (χ0) is 12.7. The number of hydrogen-bond acceptors (Lipinski definition) is 5. The lowest BCUT2D eigenvalue weighted by Gasteiger charge is -2.38. The van der Waals surface area contributed by atoms with Crippen LogP contribution < -0.4 is 0 Å². The molecule has 0 aromatic rings. The van der Waals surface area contributed by atoms with Crippen LogP contribution in [0.5, 0.6) is 0 Å². The molecule has 0 fully saturated rings. The summed E-state index contributed by atoms with van der Waals surface area (Å²) in [5.41, 5.74) is 8.19. The molecule has 17 heavy (non-hydrogen) atoms. The number of nitrogens with zero attached hydrogens (tertiary/aromatic N) is 3. The third-order valence-electron chi connectivity index (χ3n) is 2.49. The summed E-state index contributed by atoms with van der Waals surface area (Å²) in [7, 11) is 0. The molecule has 0 radical (unpaired) electrons. The van der Waals surface area contributed by atoms with E-state index in [0.717, 1.165) is 6.42 Å². The standard InChI is InChI=1S/C10H17N3O4/c1-2-4-10(16-7-12-13-11)5-3-8(15)9(6-14)17-10/h3,5,8-9,14-15H,2,4,6-7H2,1H3/t8-,9+,10-/m0/s1. The number of aliphatic hydroxyl groups is 2. The average Bonchev–Trinajstić information content (AvgIpc) is 2.33. The van der Waals surface area contributed by atoms with Gasteiger partial charge >= 0.3 is 0 Å². The molecule has 0 amide bonds. The molecule has 7 heteroatoms. The minimum absolute atomic E-state index is 0.158. The summed E-state index contributed by atoms with van der Waals surface area (Å²) in [4.78, 5) is 2.59. The Morgan fingerprint density at radius 1 is 1.65 bits per heavy atom. The Morgan fingerprint density at radius 2 is 2.41 bits per heavy atom. The van der Waals surface area contributed by atoms with E-state index >= 15 is 0 Å². The van der Waals surface area contributed by atoms with Gasteiger partial charge in [-0.25, -0.2) is 0 Å². The van der Waals surface area contributed by atoms with Crippen LogP contribution in [0.3, 0.4) is 0 Å². The molecule has 0 spiro atoms. The maximum atomic E-state index is 9.53. The molecular weight excluding hydrogens is 226 g/mol. The van der Waals surface area contributed by atoms with Crippen LogP contribution in [0.15, 0.2) is 17.3 Å². The molecule has 0 saturated heterocycles. The van der Waals surface area contributed by atoms with Crippen molar-refractivity contribution in [3.63, 3.8) is 0 Å². The highest BCUT2D eigenvalue weighted by Gasteiger charge is 2.37. The van der Waals surface area contributed by atoms with Crippen LogP contribution in [0.2, 0.25) is 0 Å². The number of rotatable bonds is 6. The van der Waals surface area contributed by atoms with Crippen LogP contribution in [0.4, 0.5) is 0 Å². The van der Waals surface area contributed by atoms with Gasteiger partial charge in [-0.05, 0) is 11.6 Å². The molecule has 1 heterocycles. The summed E-state index contributed by atoms with van der Waals surface area (Å²) in [5.74, 6) is -1.03. The summed E-state index contributed by atoms with van der Waals surface area (Å²) in [5, 5.41) is 21.9. The van der Waals surface area contributed by atoms with E-state index in [1.54, 1.807) is 6.08 Å². The molecule has 1 rings (SSSR count). The molecule has 3 atom stereocenters. The monoisotopic (exact) mass is 243 g/mol. The second-order valence-corrected chi connectivity index (χ2v) is 3.75. The molecule has 7 nitrogen and oxygen atoms in total. The Balaban J connectivity index is 2.76. The van der Waals surface area contributed by atoms with Gasteiger partial charge < -0.3 is 19.7 Å². The normalized spacial score (nSPS) is 32.2. The van der Waals surface area contributed by atoms with E-state index in [9.17, 15) is 5.11 Å². The van der Waals surface area contributed by atoms with E-state index in [2.05, 4.69) is 10.0 Å². The molecule has 0 saturated carbocycles. The van der Waals surface area contributed by atoms with Crippen molar-refractivity contribution in [3.05, 3.63) is 22.6 Å². The largest absolute Gasteiger partial charge is 0.394 e. The Morgan fingerprint density at radius 3 is 3.00 bits per heavy atom. The number of aliphatic hydroxyl groups excluding tert-OH is 2. The zero-order valence-corrected chi connectivity index (χ0v) is 9.69. The number of hydrogen-bond donors (Lipinski definition) is 2. The Bertz CT molecular complexity index is 317. The third kappa shape index (κ3) is 3.69. The fraction of sp³-hybridized carbons (Fsp3) is 0.800. The van der Waals surface area contributed by atoms with Gasteiger partial charge in [-0.15, -0.1) is 0 Å². The van der Waals surface area contributed by atoms with Gasteiger partial charge in [0.15, 0.2) is 5.79 Å². The Hall–Kier alpha value is -1.11. The van der Waals surface area contributed by atoms with Gasteiger partial charge in [0.2, 0.25) is 0 Å². The van der Waals surface area contributed by atoms with Crippen LogP contribution in [-0.2, 0) is 9.47 Å². The Kier molecular flexibility index (Phi) is 5.40. The van der Waals surface area contributed by atoms with Crippen molar-refractivity contribution in [2.75, 3.05) is 13.3 Å². The summed E-state index contributed by atoms with van der Waals surface area (Å²) in [6.07, 6.45) is 2.88. The van der Waals surface area contributed by atoms with E-state index < -0.39 is 18.0 Å². The quantitative estimate of drug-likeness (QED) is 0.315. The minimum atomic E-state index is -1.03. The summed E-state index contributed by atoms with van der Waals surface area (Å²) < 4.78 is 10.9. The second kappa shape index (κ2) is 6.58. The smallest absolute Gasteiger partial charge is 0.188 e. The second-order valence-electron chi connectivity index (χ2n) is 3.75. The molecule has 0 bridgehead atoms. The highest BCUT2D eigenvalue weighted by Crippen LogP contribution is 2.29. The molecule has 1 aliphatic heterocycles. The maximum Gasteiger partial charge on any atom is 0.188 e. The van der Waals surface area contributed by atoms with Gasteiger partial charge in [0, 0.05) is 11.3 Å². The fourth-order valence-electron chi connectivity index (χ4n) is 1.69. The van der Waals surface area contributed by atoms with Crippen molar-refractivity contribution in [3.8, 4) is 0 Å². The zero-order valence-electron chi connectivity index (χ0n) is 9.69.